The maximum atomic E-state index is 12.4. The minimum Gasteiger partial charge on any atom is -0.493 e. The van der Waals surface area contributed by atoms with Gasteiger partial charge < -0.3 is 14.8 Å². The van der Waals surface area contributed by atoms with Crippen molar-refractivity contribution in [1.82, 2.24) is 4.98 Å². The highest BCUT2D eigenvalue weighted by Gasteiger charge is 2.19. The maximum Gasteiger partial charge on any atom is 0.225 e. The van der Waals surface area contributed by atoms with Gasteiger partial charge in [0.15, 0.2) is 21.3 Å². The Balaban J connectivity index is 2.05. The van der Waals surface area contributed by atoms with Crippen LogP contribution < -0.4 is 14.8 Å². The third-order valence-electron chi connectivity index (χ3n) is 3.49. The molecule has 0 fully saturated rings. The van der Waals surface area contributed by atoms with E-state index in [4.69, 9.17) is 9.47 Å². The predicted octanol–water partition coefficient (Wildman–Crippen LogP) is 2.21. The van der Waals surface area contributed by atoms with Crippen LogP contribution in [0.1, 0.15) is 12.1 Å². The summed E-state index contributed by atoms with van der Waals surface area (Å²) < 4.78 is 35.1. The number of hydrogen-bond acceptors (Lipinski definition) is 6. The first-order valence-electron chi connectivity index (χ1n) is 7.53. The molecule has 0 aliphatic rings. The van der Waals surface area contributed by atoms with E-state index in [1.54, 1.807) is 25.3 Å². The van der Waals surface area contributed by atoms with Crippen molar-refractivity contribution in [1.29, 1.82) is 0 Å². The van der Waals surface area contributed by atoms with Gasteiger partial charge in [0.25, 0.3) is 0 Å². The van der Waals surface area contributed by atoms with E-state index in [0.717, 1.165) is 5.69 Å². The highest BCUT2D eigenvalue weighted by molar-refractivity contribution is 7.91. The Hall–Kier alpha value is -2.61. The van der Waals surface area contributed by atoms with E-state index in [-0.39, 0.29) is 23.0 Å². The lowest BCUT2D eigenvalue weighted by Crippen LogP contribution is -2.17. The minimum absolute atomic E-state index is 0.0812. The van der Waals surface area contributed by atoms with Gasteiger partial charge >= 0.3 is 0 Å². The molecule has 1 amide bonds. The van der Waals surface area contributed by atoms with E-state index in [1.165, 1.54) is 32.4 Å². The van der Waals surface area contributed by atoms with Crippen LogP contribution in [-0.4, -0.2) is 39.3 Å². The first-order valence-corrected chi connectivity index (χ1v) is 9.18. The summed E-state index contributed by atoms with van der Waals surface area (Å²) in [6, 6.07) is 7.69. The quantitative estimate of drug-likeness (QED) is 0.809. The van der Waals surface area contributed by atoms with Crippen LogP contribution in [0.25, 0.3) is 0 Å². The molecule has 134 valence electrons. The van der Waals surface area contributed by atoms with Gasteiger partial charge in [0, 0.05) is 30.1 Å². The first kappa shape index (κ1) is 18.7. The molecule has 1 aromatic carbocycles. The first-order chi connectivity index (χ1) is 11.9. The van der Waals surface area contributed by atoms with Crippen molar-refractivity contribution in [2.24, 2.45) is 0 Å². The number of hydrogen-bond donors (Lipinski definition) is 1. The molecular weight excluding hydrogens is 344 g/mol. The van der Waals surface area contributed by atoms with Crippen molar-refractivity contribution >= 4 is 21.4 Å². The molecule has 8 heteroatoms. The molecule has 25 heavy (non-hydrogen) atoms. The van der Waals surface area contributed by atoms with Crippen LogP contribution in [-0.2, 0) is 14.6 Å². The molecule has 0 bridgehead atoms. The zero-order valence-corrected chi connectivity index (χ0v) is 15.1. The third-order valence-corrected chi connectivity index (χ3v) is 5.21. The highest BCUT2D eigenvalue weighted by Crippen LogP contribution is 2.29. The van der Waals surface area contributed by atoms with Crippen LogP contribution in [0.2, 0.25) is 0 Å². The Morgan fingerprint density at radius 1 is 1.12 bits per heavy atom. The fourth-order valence-electron chi connectivity index (χ4n) is 2.20. The molecule has 0 saturated heterocycles. The Bertz CT molecular complexity index is 865. The maximum absolute atomic E-state index is 12.4. The zero-order chi connectivity index (χ0) is 18.4. The van der Waals surface area contributed by atoms with E-state index < -0.39 is 9.84 Å². The number of ether oxygens (including phenoxy) is 2. The summed E-state index contributed by atoms with van der Waals surface area (Å²) in [4.78, 5) is 16.1. The molecule has 0 aliphatic carbocycles. The number of nitrogens with one attached hydrogen (secondary N) is 1. The average molecular weight is 364 g/mol. The summed E-state index contributed by atoms with van der Waals surface area (Å²) in [5, 5.41) is 2.66. The number of aryl methyl sites for hydroxylation is 1. The number of carbonyl (C=O) groups is 1. The van der Waals surface area contributed by atoms with E-state index in [2.05, 4.69) is 10.3 Å². The molecule has 7 nitrogen and oxygen atoms in total. The summed E-state index contributed by atoms with van der Waals surface area (Å²) in [5.74, 6) is 0.0699. The Morgan fingerprint density at radius 3 is 2.48 bits per heavy atom. The van der Waals surface area contributed by atoms with Crippen molar-refractivity contribution in [2.75, 3.05) is 25.3 Å². The Morgan fingerprint density at radius 2 is 1.84 bits per heavy atom. The molecule has 0 radical (unpaired) electrons. The number of aromatic nitrogens is 1. The molecule has 2 aromatic rings. The van der Waals surface area contributed by atoms with Crippen molar-refractivity contribution in [2.45, 2.75) is 18.2 Å². The molecule has 1 N–H and O–H groups in total. The van der Waals surface area contributed by atoms with Crippen LogP contribution in [0.3, 0.4) is 0 Å². The SMILES string of the molecule is COc1ccc(S(=O)(=O)CCC(=O)Nc2ccnc(C)c2)cc1OC. The summed E-state index contributed by atoms with van der Waals surface area (Å²) in [6.45, 7) is 1.80. The molecule has 1 aromatic heterocycles. The lowest BCUT2D eigenvalue weighted by atomic mass is 10.3. The van der Waals surface area contributed by atoms with Crippen LogP contribution in [0.15, 0.2) is 41.4 Å². The highest BCUT2D eigenvalue weighted by atomic mass is 32.2. The molecule has 0 spiro atoms. The van der Waals surface area contributed by atoms with Crippen LogP contribution in [0.4, 0.5) is 5.69 Å². The number of rotatable bonds is 7. The van der Waals surface area contributed by atoms with Gasteiger partial charge in [0.1, 0.15) is 0 Å². The number of nitrogens with zero attached hydrogens (tertiary/aromatic N) is 1. The van der Waals surface area contributed by atoms with Gasteiger partial charge in [-0.3, -0.25) is 9.78 Å². The normalized spacial score (nSPS) is 11.0. The second-order valence-corrected chi connectivity index (χ2v) is 7.43. The van der Waals surface area contributed by atoms with E-state index in [0.29, 0.717) is 17.2 Å². The van der Waals surface area contributed by atoms with Crippen molar-refractivity contribution in [3.63, 3.8) is 0 Å². The number of sulfone groups is 1. The topological polar surface area (TPSA) is 94.6 Å². The van der Waals surface area contributed by atoms with Crippen LogP contribution >= 0.6 is 0 Å². The van der Waals surface area contributed by atoms with Crippen LogP contribution in [0, 0.1) is 6.92 Å². The van der Waals surface area contributed by atoms with Gasteiger partial charge in [-0.1, -0.05) is 0 Å². The monoisotopic (exact) mass is 364 g/mol. The summed E-state index contributed by atoms with van der Waals surface area (Å²) >= 11 is 0. The van der Waals surface area contributed by atoms with Crippen LogP contribution in [0.5, 0.6) is 11.5 Å². The van der Waals surface area contributed by atoms with Gasteiger partial charge in [-0.2, -0.15) is 0 Å². The summed E-state index contributed by atoms with van der Waals surface area (Å²) in [5.41, 5.74) is 1.34. The molecule has 0 unspecified atom stereocenters. The fourth-order valence-corrected chi connectivity index (χ4v) is 3.45. The number of carbonyl (C=O) groups excluding carboxylic acids is 1. The predicted molar refractivity (Wildman–Crippen MR) is 93.8 cm³/mol. The minimum atomic E-state index is -3.62. The molecule has 0 atom stereocenters. The molecule has 1 heterocycles. The molecule has 0 saturated carbocycles. The van der Waals surface area contributed by atoms with E-state index in [1.807, 2.05) is 0 Å². The number of methoxy groups -OCH3 is 2. The average Bonchev–Trinajstić information content (AvgIpc) is 2.59. The number of amides is 1. The lowest BCUT2D eigenvalue weighted by molar-refractivity contribution is -0.115. The van der Waals surface area contributed by atoms with Crippen molar-refractivity contribution < 1.29 is 22.7 Å². The smallest absolute Gasteiger partial charge is 0.225 e. The molecular formula is C17H20N2O5S. The number of pyridine rings is 1. The van der Waals surface area contributed by atoms with Crippen molar-refractivity contribution in [3.8, 4) is 11.5 Å². The molecule has 2 rings (SSSR count). The van der Waals surface area contributed by atoms with Gasteiger partial charge in [-0.15, -0.1) is 0 Å². The third kappa shape index (κ3) is 4.93. The lowest BCUT2D eigenvalue weighted by Gasteiger charge is -2.10. The van der Waals surface area contributed by atoms with Gasteiger partial charge in [0.05, 0.1) is 24.9 Å². The number of anilines is 1. The largest absolute Gasteiger partial charge is 0.493 e. The Labute approximate surface area is 146 Å². The Kier molecular flexibility index (Phi) is 5.97. The van der Waals surface area contributed by atoms with Gasteiger partial charge in [0.2, 0.25) is 5.91 Å². The van der Waals surface area contributed by atoms with Gasteiger partial charge in [-0.25, -0.2) is 8.42 Å². The standard InChI is InChI=1S/C17H20N2O5S/c1-12-10-13(6-8-18-12)19-17(20)7-9-25(21,22)14-4-5-15(23-2)16(11-14)24-3/h4-6,8,10-11H,7,9H2,1-3H3,(H,18,19,20). The van der Waals surface area contributed by atoms with E-state index in [9.17, 15) is 13.2 Å². The summed E-state index contributed by atoms with van der Waals surface area (Å²) in [7, 11) is -0.724. The fraction of sp³-hybridized carbons (Fsp3) is 0.294. The second kappa shape index (κ2) is 7.98. The number of benzene rings is 1. The second-order valence-electron chi connectivity index (χ2n) is 5.32. The molecule has 0 aliphatic heterocycles. The summed E-state index contributed by atoms with van der Waals surface area (Å²) in [6.07, 6.45) is 1.42. The van der Waals surface area contributed by atoms with E-state index >= 15 is 0 Å². The van der Waals surface area contributed by atoms with Gasteiger partial charge in [-0.05, 0) is 31.2 Å². The zero-order valence-electron chi connectivity index (χ0n) is 14.3. The van der Waals surface area contributed by atoms with Crippen molar-refractivity contribution in [3.05, 3.63) is 42.2 Å².